The van der Waals surface area contributed by atoms with Gasteiger partial charge in [0.15, 0.2) is 5.11 Å². The van der Waals surface area contributed by atoms with Gasteiger partial charge in [-0.3, -0.25) is 15.4 Å². The molecule has 0 bridgehead atoms. The van der Waals surface area contributed by atoms with Crippen LogP contribution < -0.4 is 16.2 Å². The molecule has 1 aromatic rings. The Hall–Kier alpha value is -1.38. The zero-order chi connectivity index (χ0) is 20.0. The van der Waals surface area contributed by atoms with E-state index in [2.05, 4.69) is 23.1 Å². The van der Waals surface area contributed by atoms with E-state index in [-0.39, 0.29) is 4.90 Å². The van der Waals surface area contributed by atoms with E-state index in [1.54, 1.807) is 12.1 Å². The SMILES string of the molecule is CCCCCCCCCCCCNC(=S)NNc1ccc(S(=O)(=O)O)cc1. The van der Waals surface area contributed by atoms with Gasteiger partial charge >= 0.3 is 0 Å². The summed E-state index contributed by atoms with van der Waals surface area (Å²) in [5, 5.41) is 3.63. The Labute approximate surface area is 169 Å². The molecule has 154 valence electrons. The Morgan fingerprint density at radius 1 is 0.926 bits per heavy atom. The van der Waals surface area contributed by atoms with E-state index in [0.29, 0.717) is 10.8 Å². The summed E-state index contributed by atoms with van der Waals surface area (Å²) < 4.78 is 30.9. The summed E-state index contributed by atoms with van der Waals surface area (Å²) in [7, 11) is -4.17. The number of thiocarbonyl (C=S) groups is 1. The van der Waals surface area contributed by atoms with Crippen LogP contribution in [0.25, 0.3) is 0 Å². The van der Waals surface area contributed by atoms with Gasteiger partial charge in [-0.05, 0) is 42.9 Å². The van der Waals surface area contributed by atoms with E-state index >= 15 is 0 Å². The third-order valence-corrected chi connectivity index (χ3v) is 5.40. The van der Waals surface area contributed by atoms with Gasteiger partial charge in [0.2, 0.25) is 0 Å². The predicted molar refractivity (Wildman–Crippen MR) is 115 cm³/mol. The van der Waals surface area contributed by atoms with Gasteiger partial charge in [-0.2, -0.15) is 8.42 Å². The highest BCUT2D eigenvalue weighted by atomic mass is 32.2. The average Bonchev–Trinajstić information content (AvgIpc) is 2.64. The minimum Gasteiger partial charge on any atom is -0.361 e. The van der Waals surface area contributed by atoms with Gasteiger partial charge in [0, 0.05) is 6.54 Å². The van der Waals surface area contributed by atoms with Gasteiger partial charge in [0.1, 0.15) is 0 Å². The lowest BCUT2D eigenvalue weighted by atomic mass is 10.1. The summed E-state index contributed by atoms with van der Waals surface area (Å²) in [4.78, 5) is -0.144. The molecule has 0 fully saturated rings. The Kier molecular flexibility index (Phi) is 12.0. The van der Waals surface area contributed by atoms with Crippen LogP contribution in [0.4, 0.5) is 5.69 Å². The first-order valence-electron chi connectivity index (χ1n) is 9.81. The molecule has 0 unspecified atom stereocenters. The second-order valence-corrected chi connectivity index (χ2v) is 8.52. The molecule has 6 nitrogen and oxygen atoms in total. The summed E-state index contributed by atoms with van der Waals surface area (Å²) in [6.45, 7) is 3.07. The molecule has 0 atom stereocenters. The van der Waals surface area contributed by atoms with Crippen molar-refractivity contribution in [3.05, 3.63) is 24.3 Å². The highest BCUT2D eigenvalue weighted by Gasteiger charge is 2.08. The van der Waals surface area contributed by atoms with E-state index in [1.807, 2.05) is 0 Å². The molecule has 0 amide bonds. The maximum absolute atomic E-state index is 11.0. The summed E-state index contributed by atoms with van der Waals surface area (Å²) in [5.74, 6) is 0. The summed E-state index contributed by atoms with van der Waals surface area (Å²) in [6.07, 6.45) is 13.0. The van der Waals surface area contributed by atoms with Crippen molar-refractivity contribution in [1.29, 1.82) is 0 Å². The largest absolute Gasteiger partial charge is 0.361 e. The zero-order valence-corrected chi connectivity index (χ0v) is 17.8. The molecule has 0 spiro atoms. The first-order chi connectivity index (χ1) is 12.9. The summed E-state index contributed by atoms with van der Waals surface area (Å²) in [5.41, 5.74) is 6.38. The molecule has 0 saturated carbocycles. The minimum absolute atomic E-state index is 0.144. The van der Waals surface area contributed by atoms with Crippen molar-refractivity contribution in [2.75, 3.05) is 12.0 Å². The van der Waals surface area contributed by atoms with Gasteiger partial charge in [0.25, 0.3) is 10.1 Å². The van der Waals surface area contributed by atoms with Crippen molar-refractivity contribution in [2.24, 2.45) is 0 Å². The molecule has 27 heavy (non-hydrogen) atoms. The third-order valence-electron chi connectivity index (χ3n) is 4.29. The smallest absolute Gasteiger partial charge is 0.294 e. The minimum atomic E-state index is -4.17. The van der Waals surface area contributed by atoms with Crippen molar-refractivity contribution in [1.82, 2.24) is 10.7 Å². The second kappa shape index (κ2) is 13.7. The fourth-order valence-electron chi connectivity index (χ4n) is 2.70. The molecule has 0 aliphatic carbocycles. The number of unbranched alkanes of at least 4 members (excludes halogenated alkanes) is 9. The van der Waals surface area contributed by atoms with Gasteiger partial charge in [-0.1, -0.05) is 64.7 Å². The van der Waals surface area contributed by atoms with Gasteiger partial charge in [-0.15, -0.1) is 0 Å². The van der Waals surface area contributed by atoms with Crippen molar-refractivity contribution in [3.8, 4) is 0 Å². The van der Waals surface area contributed by atoms with E-state index in [1.165, 1.54) is 69.9 Å². The second-order valence-electron chi connectivity index (χ2n) is 6.69. The normalized spacial score (nSPS) is 11.2. The summed E-state index contributed by atoms with van der Waals surface area (Å²) >= 11 is 5.19. The molecular weight excluding hydrogens is 382 g/mol. The van der Waals surface area contributed by atoms with Crippen molar-refractivity contribution in [3.63, 3.8) is 0 Å². The van der Waals surface area contributed by atoms with Gasteiger partial charge < -0.3 is 5.32 Å². The van der Waals surface area contributed by atoms with Crippen LogP contribution in [0.1, 0.15) is 71.1 Å². The number of hydrogen-bond donors (Lipinski definition) is 4. The van der Waals surface area contributed by atoms with Crippen molar-refractivity contribution in [2.45, 2.75) is 76.0 Å². The zero-order valence-electron chi connectivity index (χ0n) is 16.2. The molecule has 4 N–H and O–H groups in total. The average molecular weight is 416 g/mol. The van der Waals surface area contributed by atoms with Crippen LogP contribution in [0.5, 0.6) is 0 Å². The van der Waals surface area contributed by atoms with E-state index in [0.717, 1.165) is 13.0 Å². The van der Waals surface area contributed by atoms with E-state index < -0.39 is 10.1 Å². The first kappa shape index (κ1) is 23.7. The van der Waals surface area contributed by atoms with Gasteiger partial charge in [0.05, 0.1) is 10.6 Å². The van der Waals surface area contributed by atoms with Crippen LogP contribution >= 0.6 is 12.2 Å². The maximum Gasteiger partial charge on any atom is 0.294 e. The van der Waals surface area contributed by atoms with Crippen molar-refractivity contribution >= 4 is 33.1 Å². The number of hydrogen-bond acceptors (Lipinski definition) is 4. The quantitative estimate of drug-likeness (QED) is 0.152. The lowest BCUT2D eigenvalue weighted by Crippen LogP contribution is -2.39. The number of anilines is 1. The van der Waals surface area contributed by atoms with E-state index in [4.69, 9.17) is 16.8 Å². The van der Waals surface area contributed by atoms with Crippen molar-refractivity contribution < 1.29 is 13.0 Å². The highest BCUT2D eigenvalue weighted by molar-refractivity contribution is 7.85. The fourth-order valence-corrected chi connectivity index (χ4v) is 3.33. The topological polar surface area (TPSA) is 90.5 Å². The van der Waals surface area contributed by atoms with E-state index in [9.17, 15) is 8.42 Å². The van der Waals surface area contributed by atoms with Crippen LogP contribution in [0.15, 0.2) is 29.2 Å². The number of rotatable bonds is 14. The Bertz CT molecular complexity index is 634. The molecule has 0 radical (unpaired) electrons. The molecule has 1 rings (SSSR count). The Morgan fingerprint density at radius 2 is 1.44 bits per heavy atom. The molecule has 0 heterocycles. The molecule has 0 aromatic heterocycles. The van der Waals surface area contributed by atoms with Crippen LogP contribution in [-0.2, 0) is 10.1 Å². The van der Waals surface area contributed by atoms with Crippen LogP contribution in [-0.4, -0.2) is 24.6 Å². The van der Waals surface area contributed by atoms with Crippen LogP contribution in [0, 0.1) is 0 Å². The highest BCUT2D eigenvalue weighted by Crippen LogP contribution is 2.13. The Balaban J connectivity index is 2.01. The molecule has 0 aliphatic heterocycles. The molecule has 8 heteroatoms. The molecule has 1 aromatic carbocycles. The first-order valence-corrected chi connectivity index (χ1v) is 11.7. The standard InChI is InChI=1S/C19H33N3O3S2/c1-2-3-4-5-6-7-8-9-10-11-16-20-19(26)22-21-17-12-14-18(15-13-17)27(23,24)25/h12-15,21H,2-11,16H2,1H3,(H2,20,22,26)(H,23,24,25). The monoisotopic (exact) mass is 415 g/mol. The molecular formula is C19H33N3O3S2. The fraction of sp³-hybridized carbons (Fsp3) is 0.632. The predicted octanol–water partition coefficient (Wildman–Crippen LogP) is 4.65. The lowest BCUT2D eigenvalue weighted by Gasteiger charge is -2.12. The maximum atomic E-state index is 11.0. The summed E-state index contributed by atoms with van der Waals surface area (Å²) in [6, 6.07) is 5.72. The number of nitrogens with one attached hydrogen (secondary N) is 3. The lowest BCUT2D eigenvalue weighted by molar-refractivity contribution is 0.483. The van der Waals surface area contributed by atoms with Crippen LogP contribution in [0.2, 0.25) is 0 Å². The third kappa shape index (κ3) is 11.8. The molecule has 0 aliphatic rings. The number of hydrazine groups is 1. The molecule has 0 saturated heterocycles. The Morgan fingerprint density at radius 3 is 1.96 bits per heavy atom. The number of benzene rings is 1. The van der Waals surface area contributed by atoms with Crippen LogP contribution in [0.3, 0.4) is 0 Å². The van der Waals surface area contributed by atoms with Gasteiger partial charge in [-0.25, -0.2) is 0 Å².